The molecule has 1 amide bonds. The molecule has 0 saturated carbocycles. The Bertz CT molecular complexity index is 395. The van der Waals surface area contributed by atoms with Crippen LogP contribution < -0.4 is 5.32 Å². The number of hydrogen-bond donors (Lipinski definition) is 1. The van der Waals surface area contributed by atoms with Crippen molar-refractivity contribution in [3.8, 4) is 0 Å². The molecule has 1 unspecified atom stereocenters. The lowest BCUT2D eigenvalue weighted by Gasteiger charge is -2.22. The molecule has 1 aliphatic heterocycles. The predicted molar refractivity (Wildman–Crippen MR) is 70.1 cm³/mol. The molecule has 0 aromatic carbocycles. The van der Waals surface area contributed by atoms with E-state index in [0.717, 1.165) is 44.7 Å². The SMILES string of the molecule is CCNCc1cncn1C(C)C(=O)N1CCCC1. The maximum atomic E-state index is 12.3. The molecular weight excluding hydrogens is 228 g/mol. The van der Waals surface area contributed by atoms with Gasteiger partial charge in [-0.25, -0.2) is 4.98 Å². The van der Waals surface area contributed by atoms with Gasteiger partial charge in [0.1, 0.15) is 6.04 Å². The van der Waals surface area contributed by atoms with Crippen LogP contribution >= 0.6 is 0 Å². The van der Waals surface area contributed by atoms with Gasteiger partial charge in [-0.3, -0.25) is 4.79 Å². The Morgan fingerprint density at radius 1 is 1.50 bits per heavy atom. The first-order valence-corrected chi connectivity index (χ1v) is 6.74. The van der Waals surface area contributed by atoms with Crippen LogP contribution in [-0.2, 0) is 11.3 Å². The van der Waals surface area contributed by atoms with Crippen LogP contribution in [0.15, 0.2) is 12.5 Å². The third kappa shape index (κ3) is 2.72. The Hall–Kier alpha value is -1.36. The van der Waals surface area contributed by atoms with Crippen LogP contribution in [0.1, 0.15) is 38.4 Å². The molecule has 5 nitrogen and oxygen atoms in total. The number of hydrogen-bond acceptors (Lipinski definition) is 3. The molecule has 1 saturated heterocycles. The van der Waals surface area contributed by atoms with Gasteiger partial charge in [0.05, 0.1) is 12.0 Å². The fraction of sp³-hybridized carbons (Fsp3) is 0.692. The van der Waals surface area contributed by atoms with E-state index in [0.29, 0.717) is 0 Å². The highest BCUT2D eigenvalue weighted by atomic mass is 16.2. The van der Waals surface area contributed by atoms with Crippen LogP contribution in [0, 0.1) is 0 Å². The van der Waals surface area contributed by atoms with E-state index in [4.69, 9.17) is 0 Å². The summed E-state index contributed by atoms with van der Waals surface area (Å²) >= 11 is 0. The lowest BCUT2D eigenvalue weighted by Crippen LogP contribution is -2.34. The molecule has 0 radical (unpaired) electrons. The van der Waals surface area contributed by atoms with Crippen molar-refractivity contribution in [2.75, 3.05) is 19.6 Å². The Kier molecular flexibility index (Phi) is 4.36. The first kappa shape index (κ1) is 13.1. The molecule has 1 atom stereocenters. The number of nitrogens with zero attached hydrogens (tertiary/aromatic N) is 3. The van der Waals surface area contributed by atoms with Crippen LogP contribution in [0.2, 0.25) is 0 Å². The molecular formula is C13H22N4O. The zero-order valence-electron chi connectivity index (χ0n) is 11.2. The molecule has 0 aliphatic carbocycles. The Morgan fingerprint density at radius 2 is 2.22 bits per heavy atom. The summed E-state index contributed by atoms with van der Waals surface area (Å²) in [6, 6.07) is -0.153. The minimum absolute atomic E-state index is 0.153. The van der Waals surface area contributed by atoms with Crippen molar-refractivity contribution in [3.05, 3.63) is 18.2 Å². The average Bonchev–Trinajstić information content (AvgIpc) is 3.05. The van der Waals surface area contributed by atoms with Crippen molar-refractivity contribution in [3.63, 3.8) is 0 Å². The van der Waals surface area contributed by atoms with Crippen LogP contribution in [0.3, 0.4) is 0 Å². The molecule has 5 heteroatoms. The molecule has 0 spiro atoms. The van der Waals surface area contributed by atoms with Crippen molar-refractivity contribution in [2.45, 2.75) is 39.3 Å². The summed E-state index contributed by atoms with van der Waals surface area (Å²) < 4.78 is 1.98. The van der Waals surface area contributed by atoms with Gasteiger partial charge >= 0.3 is 0 Å². The van der Waals surface area contributed by atoms with Crippen LogP contribution in [0.25, 0.3) is 0 Å². The Morgan fingerprint density at radius 3 is 2.89 bits per heavy atom. The number of likely N-dealkylation sites (tertiary alicyclic amines) is 1. The first-order valence-electron chi connectivity index (χ1n) is 6.74. The normalized spacial score (nSPS) is 17.1. The zero-order valence-corrected chi connectivity index (χ0v) is 11.2. The van der Waals surface area contributed by atoms with Gasteiger partial charge in [0.15, 0.2) is 0 Å². The van der Waals surface area contributed by atoms with E-state index in [-0.39, 0.29) is 11.9 Å². The molecule has 1 aliphatic rings. The third-order valence-corrected chi connectivity index (χ3v) is 3.49. The number of carbonyl (C=O) groups excluding carboxylic acids is 1. The molecule has 1 N–H and O–H groups in total. The highest BCUT2D eigenvalue weighted by molar-refractivity contribution is 5.80. The van der Waals surface area contributed by atoms with Crippen LogP contribution in [0.4, 0.5) is 0 Å². The van der Waals surface area contributed by atoms with Gasteiger partial charge in [0.2, 0.25) is 5.91 Å². The first-order chi connectivity index (χ1) is 8.74. The van der Waals surface area contributed by atoms with E-state index in [9.17, 15) is 4.79 Å². The highest BCUT2D eigenvalue weighted by Crippen LogP contribution is 2.17. The van der Waals surface area contributed by atoms with E-state index < -0.39 is 0 Å². The fourth-order valence-corrected chi connectivity index (χ4v) is 2.39. The summed E-state index contributed by atoms with van der Waals surface area (Å²) in [5.41, 5.74) is 1.07. The summed E-state index contributed by atoms with van der Waals surface area (Å²) in [5.74, 6) is 0.211. The molecule has 1 aromatic heterocycles. The number of rotatable bonds is 5. The summed E-state index contributed by atoms with van der Waals surface area (Å²) in [6.07, 6.45) is 5.85. The zero-order chi connectivity index (χ0) is 13.0. The Balaban J connectivity index is 2.05. The second-order valence-electron chi connectivity index (χ2n) is 4.78. The van der Waals surface area contributed by atoms with Crippen LogP contribution in [0.5, 0.6) is 0 Å². The summed E-state index contributed by atoms with van der Waals surface area (Å²) in [5, 5.41) is 3.27. The molecule has 100 valence electrons. The van der Waals surface area contributed by atoms with E-state index >= 15 is 0 Å². The van der Waals surface area contributed by atoms with Gasteiger partial charge in [-0.15, -0.1) is 0 Å². The second kappa shape index (κ2) is 6.00. The van der Waals surface area contributed by atoms with Crippen LogP contribution in [-0.4, -0.2) is 40.0 Å². The minimum atomic E-state index is -0.153. The molecule has 2 heterocycles. The van der Waals surface area contributed by atoms with Gasteiger partial charge in [-0.05, 0) is 26.3 Å². The van der Waals surface area contributed by atoms with Gasteiger partial charge < -0.3 is 14.8 Å². The lowest BCUT2D eigenvalue weighted by atomic mass is 10.2. The number of carbonyl (C=O) groups is 1. The van der Waals surface area contributed by atoms with Crippen molar-refractivity contribution in [1.82, 2.24) is 19.8 Å². The predicted octanol–water partition coefficient (Wildman–Crippen LogP) is 1.18. The molecule has 2 rings (SSSR count). The average molecular weight is 250 g/mol. The van der Waals surface area contributed by atoms with E-state index in [1.165, 1.54) is 0 Å². The minimum Gasteiger partial charge on any atom is -0.341 e. The molecule has 1 aromatic rings. The summed E-state index contributed by atoms with van der Waals surface area (Å²) in [6.45, 7) is 7.51. The van der Waals surface area contributed by atoms with Crippen molar-refractivity contribution in [1.29, 1.82) is 0 Å². The third-order valence-electron chi connectivity index (χ3n) is 3.49. The van der Waals surface area contributed by atoms with E-state index in [1.54, 1.807) is 6.33 Å². The number of amides is 1. The molecule has 18 heavy (non-hydrogen) atoms. The maximum absolute atomic E-state index is 12.3. The quantitative estimate of drug-likeness (QED) is 0.853. The van der Waals surface area contributed by atoms with Gasteiger partial charge in [-0.2, -0.15) is 0 Å². The van der Waals surface area contributed by atoms with Gasteiger partial charge in [0, 0.05) is 25.8 Å². The number of imidazole rings is 1. The van der Waals surface area contributed by atoms with Crippen molar-refractivity contribution < 1.29 is 4.79 Å². The monoisotopic (exact) mass is 250 g/mol. The van der Waals surface area contributed by atoms with Gasteiger partial charge in [0.25, 0.3) is 0 Å². The molecule has 0 bridgehead atoms. The summed E-state index contributed by atoms with van der Waals surface area (Å²) in [7, 11) is 0. The van der Waals surface area contributed by atoms with E-state index in [1.807, 2.05) is 22.6 Å². The van der Waals surface area contributed by atoms with Crippen molar-refractivity contribution in [2.24, 2.45) is 0 Å². The standard InChI is InChI=1S/C13H22N4O/c1-3-14-8-12-9-15-10-17(12)11(2)13(18)16-6-4-5-7-16/h9-11,14H,3-8H2,1-2H3. The maximum Gasteiger partial charge on any atom is 0.245 e. The summed E-state index contributed by atoms with van der Waals surface area (Å²) in [4.78, 5) is 18.4. The topological polar surface area (TPSA) is 50.2 Å². The van der Waals surface area contributed by atoms with Gasteiger partial charge in [-0.1, -0.05) is 6.92 Å². The van der Waals surface area contributed by atoms with E-state index in [2.05, 4.69) is 17.2 Å². The van der Waals surface area contributed by atoms with Crippen molar-refractivity contribution >= 4 is 5.91 Å². The largest absolute Gasteiger partial charge is 0.341 e. The molecule has 1 fully saturated rings. The smallest absolute Gasteiger partial charge is 0.245 e. The highest BCUT2D eigenvalue weighted by Gasteiger charge is 2.25. The lowest BCUT2D eigenvalue weighted by molar-refractivity contribution is -0.133. The number of aromatic nitrogens is 2. The Labute approximate surface area is 108 Å². The fourth-order valence-electron chi connectivity index (χ4n) is 2.39. The number of nitrogens with one attached hydrogen (secondary N) is 1. The second-order valence-corrected chi connectivity index (χ2v) is 4.78.